The number of hydrogen-bond acceptors (Lipinski definition) is 9. The quantitative estimate of drug-likeness (QED) is 0.510. The Morgan fingerprint density at radius 2 is 1.92 bits per heavy atom. The number of phenolic OH excluding ortho intramolecular Hbond substituents is 1. The van der Waals surface area contributed by atoms with Gasteiger partial charge in [-0.05, 0) is 22.9 Å². The van der Waals surface area contributed by atoms with Crippen LogP contribution < -0.4 is 0 Å². The number of aliphatic hydroxyl groups excluding tert-OH is 3. The van der Waals surface area contributed by atoms with Gasteiger partial charge >= 0.3 is 0 Å². The highest BCUT2D eigenvalue weighted by atomic mass is 16.6. The highest BCUT2D eigenvalue weighted by Crippen LogP contribution is 2.28. The maximum Gasteiger partial charge on any atom is 0.199 e. The molecule has 0 saturated carbocycles. The van der Waals surface area contributed by atoms with E-state index in [1.54, 1.807) is 24.3 Å². The molecule has 25 heavy (non-hydrogen) atoms. The first-order valence-corrected chi connectivity index (χ1v) is 7.75. The summed E-state index contributed by atoms with van der Waals surface area (Å²) in [7, 11) is 1.35. The largest absolute Gasteiger partial charge is 0.508 e. The molecule has 2 aromatic rings. The number of rotatable bonds is 5. The number of methoxy groups -OCH3 is 1. The predicted octanol–water partition coefficient (Wildman–Crippen LogP) is -1.40. The molecule has 0 bridgehead atoms. The second kappa shape index (κ2) is 7.42. The molecule has 0 spiro atoms. The fraction of sp³-hybridized carbons (Fsp3) is 0.533. The summed E-state index contributed by atoms with van der Waals surface area (Å²) in [5, 5.41) is 51.0. The lowest BCUT2D eigenvalue weighted by molar-refractivity contribution is -0.262. The van der Waals surface area contributed by atoms with Gasteiger partial charge in [-0.15, -0.1) is 15.0 Å². The molecule has 1 aliphatic heterocycles. The van der Waals surface area contributed by atoms with Crippen LogP contribution >= 0.6 is 0 Å². The van der Waals surface area contributed by atoms with Crippen LogP contribution in [0.2, 0.25) is 0 Å². The Balaban J connectivity index is 1.77. The van der Waals surface area contributed by atoms with E-state index in [0.29, 0.717) is 12.2 Å². The van der Waals surface area contributed by atoms with Crippen LogP contribution in [0.15, 0.2) is 24.3 Å². The van der Waals surface area contributed by atoms with Crippen LogP contribution in [0, 0.1) is 0 Å². The first-order valence-electron chi connectivity index (χ1n) is 7.75. The minimum Gasteiger partial charge on any atom is -0.508 e. The molecule has 5 unspecified atom stereocenters. The minimum atomic E-state index is -1.24. The highest BCUT2D eigenvalue weighted by Gasteiger charge is 2.46. The van der Waals surface area contributed by atoms with E-state index in [0.717, 1.165) is 10.4 Å². The summed E-state index contributed by atoms with van der Waals surface area (Å²) in [5.74, 6) is 0.556. The number of hydrogen-bond donors (Lipinski definition) is 4. The van der Waals surface area contributed by atoms with Crippen molar-refractivity contribution in [3.63, 3.8) is 0 Å². The molecule has 136 valence electrons. The number of phenols is 1. The number of tetrazole rings is 1. The van der Waals surface area contributed by atoms with Gasteiger partial charge in [-0.1, -0.05) is 12.1 Å². The Morgan fingerprint density at radius 3 is 2.56 bits per heavy atom. The molecule has 0 amide bonds. The van der Waals surface area contributed by atoms with Gasteiger partial charge in [0.2, 0.25) is 0 Å². The Kier molecular flexibility index (Phi) is 5.25. The molecule has 1 aromatic heterocycles. The first kappa shape index (κ1) is 17.7. The summed E-state index contributed by atoms with van der Waals surface area (Å²) >= 11 is 0. The third-order valence-electron chi connectivity index (χ3n) is 4.11. The zero-order valence-corrected chi connectivity index (χ0v) is 13.5. The lowest BCUT2D eigenvalue weighted by Gasteiger charge is -2.40. The summed E-state index contributed by atoms with van der Waals surface area (Å²) < 4.78 is 10.6. The maximum atomic E-state index is 10.3. The van der Waals surface area contributed by atoms with Gasteiger partial charge in [0, 0.05) is 13.5 Å². The maximum absolute atomic E-state index is 10.3. The van der Waals surface area contributed by atoms with E-state index in [2.05, 4.69) is 15.4 Å². The Hall–Kier alpha value is -2.11. The Bertz CT molecular complexity index is 694. The van der Waals surface area contributed by atoms with Crippen LogP contribution in [0.3, 0.4) is 0 Å². The third-order valence-corrected chi connectivity index (χ3v) is 4.11. The van der Waals surface area contributed by atoms with Crippen molar-refractivity contribution in [3.05, 3.63) is 35.7 Å². The van der Waals surface area contributed by atoms with Crippen molar-refractivity contribution in [2.24, 2.45) is 0 Å². The molecular formula is C15H20N4O6. The van der Waals surface area contributed by atoms with E-state index in [1.807, 2.05) is 0 Å². The van der Waals surface area contributed by atoms with E-state index >= 15 is 0 Å². The summed E-state index contributed by atoms with van der Waals surface area (Å²) in [5.41, 5.74) is 0.876. The van der Waals surface area contributed by atoms with Gasteiger partial charge in [-0.2, -0.15) is 0 Å². The molecule has 0 radical (unpaired) electrons. The summed E-state index contributed by atoms with van der Waals surface area (Å²) in [6.45, 7) is -0.445. The van der Waals surface area contributed by atoms with Crippen LogP contribution in [0.4, 0.5) is 0 Å². The van der Waals surface area contributed by atoms with Crippen molar-refractivity contribution in [1.82, 2.24) is 20.2 Å². The van der Waals surface area contributed by atoms with Gasteiger partial charge in [0.25, 0.3) is 0 Å². The molecule has 10 heteroatoms. The van der Waals surface area contributed by atoms with Crippen LogP contribution in [-0.2, 0) is 15.9 Å². The third kappa shape index (κ3) is 3.62. The summed E-state index contributed by atoms with van der Waals surface area (Å²) in [6.07, 6.45) is -4.98. The van der Waals surface area contributed by atoms with Crippen LogP contribution in [0.1, 0.15) is 17.6 Å². The standard InChI is InChI=1S/C15H20N4O6/c1-24-14-12(22)10(7-20)25-15(13(14)23)19-17-11(16-18-19)6-8-2-4-9(21)5-3-8/h2-5,10,12-15,20-23H,6-7H2,1H3. The SMILES string of the molecule is COC1C(O)C(CO)OC(n2nnc(Cc3ccc(O)cc3)n2)C1O. The molecule has 3 rings (SSSR count). The van der Waals surface area contributed by atoms with Crippen molar-refractivity contribution >= 4 is 0 Å². The molecule has 1 saturated heterocycles. The topological polar surface area (TPSA) is 143 Å². The zero-order valence-electron chi connectivity index (χ0n) is 13.5. The molecule has 5 atom stereocenters. The van der Waals surface area contributed by atoms with Gasteiger partial charge in [0.05, 0.1) is 6.61 Å². The lowest BCUT2D eigenvalue weighted by atomic mass is 9.98. The number of nitrogens with zero attached hydrogens (tertiary/aromatic N) is 4. The molecule has 4 N–H and O–H groups in total. The second-order valence-electron chi connectivity index (χ2n) is 5.80. The van der Waals surface area contributed by atoms with Crippen LogP contribution in [0.25, 0.3) is 0 Å². The van der Waals surface area contributed by atoms with Crippen LogP contribution in [0.5, 0.6) is 5.75 Å². The van der Waals surface area contributed by atoms with Crippen molar-refractivity contribution in [2.75, 3.05) is 13.7 Å². The molecule has 0 aliphatic carbocycles. The molecule has 1 aliphatic rings. The van der Waals surface area contributed by atoms with Crippen molar-refractivity contribution in [3.8, 4) is 5.75 Å². The highest BCUT2D eigenvalue weighted by molar-refractivity contribution is 5.27. The predicted molar refractivity (Wildman–Crippen MR) is 82.5 cm³/mol. The van der Waals surface area contributed by atoms with Gasteiger partial charge < -0.3 is 29.9 Å². The minimum absolute atomic E-state index is 0.165. The van der Waals surface area contributed by atoms with Crippen molar-refractivity contribution < 1.29 is 29.9 Å². The van der Waals surface area contributed by atoms with Gasteiger partial charge in [0.1, 0.15) is 30.2 Å². The van der Waals surface area contributed by atoms with E-state index in [4.69, 9.17) is 9.47 Å². The summed E-state index contributed by atoms with van der Waals surface area (Å²) in [6, 6.07) is 6.59. The molecule has 1 aromatic carbocycles. The van der Waals surface area contributed by atoms with E-state index in [9.17, 15) is 20.4 Å². The summed E-state index contributed by atoms with van der Waals surface area (Å²) in [4.78, 5) is 1.10. The number of aromatic hydroxyl groups is 1. The van der Waals surface area contributed by atoms with Crippen molar-refractivity contribution in [1.29, 1.82) is 0 Å². The van der Waals surface area contributed by atoms with Gasteiger partial charge in [-0.25, -0.2) is 0 Å². The molecular weight excluding hydrogens is 332 g/mol. The van der Waals surface area contributed by atoms with Crippen molar-refractivity contribution in [2.45, 2.75) is 37.1 Å². The number of benzene rings is 1. The number of aromatic nitrogens is 4. The average molecular weight is 352 g/mol. The van der Waals surface area contributed by atoms with Gasteiger partial charge in [0.15, 0.2) is 12.1 Å². The van der Waals surface area contributed by atoms with Gasteiger partial charge in [-0.3, -0.25) is 0 Å². The number of ether oxygens (including phenoxy) is 2. The Morgan fingerprint density at radius 1 is 1.20 bits per heavy atom. The normalized spacial score (nSPS) is 29.7. The fourth-order valence-electron chi connectivity index (χ4n) is 2.77. The Labute approximate surface area is 143 Å². The van der Waals surface area contributed by atoms with E-state index in [-0.39, 0.29) is 5.75 Å². The van der Waals surface area contributed by atoms with Crippen LogP contribution in [-0.4, -0.2) is 78.8 Å². The first-order chi connectivity index (χ1) is 12.0. The molecule has 10 nitrogen and oxygen atoms in total. The van der Waals surface area contributed by atoms with E-state index in [1.165, 1.54) is 7.11 Å². The fourth-order valence-corrected chi connectivity index (χ4v) is 2.77. The lowest BCUT2D eigenvalue weighted by Crippen LogP contribution is -2.57. The second-order valence-corrected chi connectivity index (χ2v) is 5.80. The average Bonchev–Trinajstić information content (AvgIpc) is 3.06. The smallest absolute Gasteiger partial charge is 0.199 e. The molecule has 2 heterocycles. The number of aliphatic hydroxyl groups is 3. The van der Waals surface area contributed by atoms with E-state index < -0.39 is 37.3 Å². The monoisotopic (exact) mass is 352 g/mol. The molecule has 1 fully saturated rings. The zero-order chi connectivity index (χ0) is 18.0.